The fourth-order valence-electron chi connectivity index (χ4n) is 1.69. The minimum Gasteiger partial charge on any atom is -0.480 e. The predicted molar refractivity (Wildman–Crippen MR) is 85.4 cm³/mol. The van der Waals surface area contributed by atoms with E-state index in [0.29, 0.717) is 22.1 Å². The van der Waals surface area contributed by atoms with Crippen LogP contribution in [0.25, 0.3) is 11.2 Å². The number of H-pyrrole nitrogens is 1. The molecule has 0 bridgehead atoms. The largest absolute Gasteiger partial charge is 0.480 e. The van der Waals surface area contributed by atoms with Crippen LogP contribution in [0, 0.1) is 0 Å². The topological polar surface area (TPSA) is 90.3 Å². The van der Waals surface area contributed by atoms with Gasteiger partial charge in [0.05, 0.1) is 6.34 Å². The second-order valence-electron chi connectivity index (χ2n) is 4.85. The summed E-state index contributed by atoms with van der Waals surface area (Å²) in [6, 6.07) is -0.172. The number of hydrogen-bond acceptors (Lipinski definition) is 6. The Kier molecular flexibility index (Phi) is 5.38. The van der Waals surface area contributed by atoms with Gasteiger partial charge in [-0.2, -0.15) is 4.98 Å². The van der Waals surface area contributed by atoms with Crippen LogP contribution in [0.3, 0.4) is 0 Å². The van der Waals surface area contributed by atoms with E-state index >= 15 is 0 Å². The minimum absolute atomic E-state index is 0.172. The normalized spacial score (nSPS) is 11.6. The van der Waals surface area contributed by atoms with E-state index in [0.717, 1.165) is 12.2 Å². The molecule has 0 saturated heterocycles. The Morgan fingerprint density at radius 3 is 2.81 bits per heavy atom. The first-order chi connectivity index (χ1) is 10.1. The van der Waals surface area contributed by atoms with Gasteiger partial charge < -0.3 is 10.0 Å². The van der Waals surface area contributed by atoms with E-state index in [1.807, 2.05) is 19.0 Å². The highest BCUT2D eigenvalue weighted by molar-refractivity contribution is 7.99. The Morgan fingerprint density at radius 2 is 2.10 bits per heavy atom. The molecule has 0 radical (unpaired) electrons. The first-order valence-corrected chi connectivity index (χ1v) is 7.89. The zero-order valence-corrected chi connectivity index (χ0v) is 13.3. The van der Waals surface area contributed by atoms with Crippen molar-refractivity contribution in [3.8, 4) is 6.01 Å². The molecule has 21 heavy (non-hydrogen) atoms. The van der Waals surface area contributed by atoms with Gasteiger partial charge >= 0.3 is 0 Å². The molecule has 0 aliphatic rings. The molecule has 0 amide bonds. The van der Waals surface area contributed by atoms with Crippen molar-refractivity contribution < 1.29 is 5.11 Å². The summed E-state index contributed by atoms with van der Waals surface area (Å²) < 4.78 is 0. The summed E-state index contributed by atoms with van der Waals surface area (Å²) in [7, 11) is 3.76. The van der Waals surface area contributed by atoms with Gasteiger partial charge in [-0.3, -0.25) is 4.98 Å². The molecule has 0 spiro atoms. The van der Waals surface area contributed by atoms with E-state index in [2.05, 4.69) is 31.9 Å². The number of nitrogens with zero attached hydrogens (tertiary/aromatic N) is 5. The summed E-state index contributed by atoms with van der Waals surface area (Å²) in [5, 5.41) is 10.1. The van der Waals surface area contributed by atoms with E-state index in [9.17, 15) is 5.11 Å². The molecule has 0 unspecified atom stereocenters. The zero-order chi connectivity index (χ0) is 15.2. The fraction of sp³-hybridized carbons (Fsp3) is 0.538. The van der Waals surface area contributed by atoms with Crippen molar-refractivity contribution in [3.05, 3.63) is 0 Å². The maximum absolute atomic E-state index is 9.49. The van der Waals surface area contributed by atoms with Crippen LogP contribution in [0.2, 0.25) is 0 Å². The SMILES string of the molecule is CCCCCSc1nc(/N=C\N(C)C)c2nc(O)[nH]c2n1. The number of unbranched alkanes of at least 4 members (excludes halogenated alkanes) is 2. The Balaban J connectivity index is 2.26. The molecule has 7 nitrogen and oxygen atoms in total. The van der Waals surface area contributed by atoms with Crippen LogP contribution in [0.4, 0.5) is 5.82 Å². The summed E-state index contributed by atoms with van der Waals surface area (Å²) >= 11 is 1.59. The molecule has 2 aromatic rings. The van der Waals surface area contributed by atoms with E-state index in [1.165, 1.54) is 12.8 Å². The van der Waals surface area contributed by atoms with Gasteiger partial charge in [0.1, 0.15) is 0 Å². The van der Waals surface area contributed by atoms with Gasteiger partial charge in [0.25, 0.3) is 6.01 Å². The van der Waals surface area contributed by atoms with Gasteiger partial charge in [0, 0.05) is 19.8 Å². The van der Waals surface area contributed by atoms with Crippen LogP contribution in [0.1, 0.15) is 26.2 Å². The maximum atomic E-state index is 9.49. The van der Waals surface area contributed by atoms with Gasteiger partial charge in [-0.15, -0.1) is 0 Å². The summed E-state index contributed by atoms with van der Waals surface area (Å²) in [6.45, 7) is 2.18. The highest BCUT2D eigenvalue weighted by Crippen LogP contribution is 2.26. The molecular formula is C13H20N6OS. The minimum atomic E-state index is -0.172. The van der Waals surface area contributed by atoms with Crippen molar-refractivity contribution >= 4 is 35.1 Å². The third kappa shape index (κ3) is 4.32. The molecule has 2 heterocycles. The maximum Gasteiger partial charge on any atom is 0.293 e. The standard InChI is InChI=1S/C13H20N6OS/c1-4-5-6-7-21-13-17-10(14-8-19(2)3)9-11(18-13)16-12(20)15-9/h8H,4-7H2,1-3H3,(H2,15,16,17,18,20)/b14-8-. The molecule has 0 atom stereocenters. The molecule has 114 valence electrons. The average molecular weight is 308 g/mol. The Bertz CT molecular complexity index is 624. The molecule has 0 saturated carbocycles. The third-order valence-corrected chi connectivity index (χ3v) is 3.62. The smallest absolute Gasteiger partial charge is 0.293 e. The van der Waals surface area contributed by atoms with E-state index in [4.69, 9.17) is 0 Å². The lowest BCUT2D eigenvalue weighted by atomic mass is 10.3. The van der Waals surface area contributed by atoms with Crippen molar-refractivity contribution in [2.75, 3.05) is 19.8 Å². The second-order valence-corrected chi connectivity index (χ2v) is 5.91. The number of nitrogens with one attached hydrogen (secondary N) is 1. The van der Waals surface area contributed by atoms with Gasteiger partial charge in [-0.1, -0.05) is 31.5 Å². The van der Waals surface area contributed by atoms with Crippen LogP contribution in [0.5, 0.6) is 6.01 Å². The summed E-state index contributed by atoms with van der Waals surface area (Å²) in [6.07, 6.45) is 5.17. The molecule has 2 N–H and O–H groups in total. The van der Waals surface area contributed by atoms with Crippen LogP contribution >= 0.6 is 11.8 Å². The van der Waals surface area contributed by atoms with Gasteiger partial charge in [-0.05, 0) is 6.42 Å². The molecule has 8 heteroatoms. The number of thioether (sulfide) groups is 1. The second kappa shape index (κ2) is 7.26. The first-order valence-electron chi connectivity index (χ1n) is 6.90. The molecule has 0 fully saturated rings. The van der Waals surface area contributed by atoms with Crippen molar-refractivity contribution in [1.29, 1.82) is 0 Å². The number of imidazole rings is 1. The molecule has 2 aromatic heterocycles. The van der Waals surface area contributed by atoms with E-state index < -0.39 is 0 Å². The average Bonchev–Trinajstić information content (AvgIpc) is 2.81. The fourth-order valence-corrected chi connectivity index (χ4v) is 2.53. The number of fused-ring (bicyclic) bond motifs is 1. The molecule has 2 rings (SSSR count). The van der Waals surface area contributed by atoms with Crippen molar-refractivity contribution in [2.45, 2.75) is 31.3 Å². The van der Waals surface area contributed by atoms with Crippen LogP contribution in [-0.2, 0) is 0 Å². The zero-order valence-electron chi connectivity index (χ0n) is 12.5. The molecular weight excluding hydrogens is 288 g/mol. The molecule has 0 aromatic carbocycles. The number of aliphatic imine (C=N–C) groups is 1. The lowest BCUT2D eigenvalue weighted by molar-refractivity contribution is 0.438. The van der Waals surface area contributed by atoms with E-state index in [-0.39, 0.29) is 6.01 Å². The van der Waals surface area contributed by atoms with Crippen molar-refractivity contribution in [2.24, 2.45) is 4.99 Å². The van der Waals surface area contributed by atoms with Gasteiger partial charge in [-0.25, -0.2) is 15.0 Å². The van der Waals surface area contributed by atoms with Crippen molar-refractivity contribution in [1.82, 2.24) is 24.8 Å². The number of aromatic nitrogens is 4. The third-order valence-electron chi connectivity index (χ3n) is 2.68. The monoisotopic (exact) mass is 308 g/mol. The van der Waals surface area contributed by atoms with E-state index in [1.54, 1.807) is 18.1 Å². The number of rotatable bonds is 7. The Labute approximate surface area is 127 Å². The number of hydrogen-bond donors (Lipinski definition) is 2. The highest BCUT2D eigenvalue weighted by atomic mass is 32.2. The first kappa shape index (κ1) is 15.6. The van der Waals surface area contributed by atoms with Crippen LogP contribution in [0.15, 0.2) is 10.1 Å². The molecule has 0 aliphatic heterocycles. The summed E-state index contributed by atoms with van der Waals surface area (Å²) in [4.78, 5) is 21.6. The predicted octanol–water partition coefficient (Wildman–Crippen LogP) is 2.56. The Morgan fingerprint density at radius 1 is 1.29 bits per heavy atom. The lowest BCUT2D eigenvalue weighted by Gasteiger charge is -2.04. The highest BCUT2D eigenvalue weighted by Gasteiger charge is 2.12. The van der Waals surface area contributed by atoms with Crippen LogP contribution in [-0.4, -0.2) is 56.1 Å². The van der Waals surface area contributed by atoms with Crippen molar-refractivity contribution in [3.63, 3.8) is 0 Å². The summed E-state index contributed by atoms with van der Waals surface area (Å²) in [5.41, 5.74) is 0.981. The lowest BCUT2D eigenvalue weighted by Crippen LogP contribution is -2.07. The van der Waals surface area contributed by atoms with Crippen LogP contribution < -0.4 is 0 Å². The number of aromatic hydroxyl groups is 1. The quantitative estimate of drug-likeness (QED) is 0.269. The summed E-state index contributed by atoms with van der Waals surface area (Å²) in [5.74, 6) is 1.43. The molecule has 0 aliphatic carbocycles. The van der Waals surface area contributed by atoms with Gasteiger partial charge in [0.2, 0.25) is 0 Å². The Hall–Kier alpha value is -1.83. The van der Waals surface area contributed by atoms with Gasteiger partial charge in [0.15, 0.2) is 22.1 Å². The number of aromatic amines is 1.